The standard InChI is InChI=1S/C19H24N2O2/c1-19(20,16-10-5-3-6-11-16)18(22)21(2)14-9-15-23-17-12-7-4-8-13-17/h3-8,10-13H,9,14-15,20H2,1-2H3. The first kappa shape index (κ1) is 17.0. The Morgan fingerprint density at radius 3 is 2.26 bits per heavy atom. The number of benzene rings is 2. The van der Waals surface area contributed by atoms with Gasteiger partial charge in [0.15, 0.2) is 0 Å². The van der Waals surface area contributed by atoms with Gasteiger partial charge in [0, 0.05) is 13.6 Å². The summed E-state index contributed by atoms with van der Waals surface area (Å²) < 4.78 is 5.64. The highest BCUT2D eigenvalue weighted by Gasteiger charge is 2.32. The molecule has 0 aliphatic rings. The second-order valence-corrected chi connectivity index (χ2v) is 5.81. The number of likely N-dealkylation sites (N-methyl/N-ethyl adjacent to an activating group) is 1. The van der Waals surface area contributed by atoms with Crippen molar-refractivity contribution in [3.05, 3.63) is 66.2 Å². The van der Waals surface area contributed by atoms with Gasteiger partial charge in [-0.05, 0) is 31.0 Å². The van der Waals surface area contributed by atoms with E-state index in [1.807, 2.05) is 60.7 Å². The number of ether oxygens (including phenoxy) is 1. The number of amides is 1. The lowest BCUT2D eigenvalue weighted by molar-refractivity contribution is -0.135. The van der Waals surface area contributed by atoms with Gasteiger partial charge in [0.2, 0.25) is 5.91 Å². The first-order valence-corrected chi connectivity index (χ1v) is 7.79. The molecule has 122 valence electrons. The summed E-state index contributed by atoms with van der Waals surface area (Å²) in [6.45, 7) is 2.92. The predicted molar refractivity (Wildman–Crippen MR) is 92.2 cm³/mol. The van der Waals surface area contributed by atoms with Gasteiger partial charge in [0.25, 0.3) is 0 Å². The zero-order valence-electron chi connectivity index (χ0n) is 13.7. The van der Waals surface area contributed by atoms with Crippen LogP contribution in [0.4, 0.5) is 0 Å². The van der Waals surface area contributed by atoms with Crippen molar-refractivity contribution in [1.29, 1.82) is 0 Å². The molecule has 2 N–H and O–H groups in total. The van der Waals surface area contributed by atoms with Crippen molar-refractivity contribution in [3.8, 4) is 5.75 Å². The molecule has 23 heavy (non-hydrogen) atoms. The average Bonchev–Trinajstić information content (AvgIpc) is 2.59. The SMILES string of the molecule is CN(CCCOc1ccccc1)C(=O)C(C)(N)c1ccccc1. The molecule has 0 aliphatic carbocycles. The van der Waals surface area contributed by atoms with Crippen LogP contribution >= 0.6 is 0 Å². The minimum Gasteiger partial charge on any atom is -0.494 e. The zero-order valence-corrected chi connectivity index (χ0v) is 13.7. The molecule has 0 aliphatic heterocycles. The van der Waals surface area contributed by atoms with Gasteiger partial charge in [0.05, 0.1) is 6.61 Å². The van der Waals surface area contributed by atoms with Crippen LogP contribution in [0.3, 0.4) is 0 Å². The third-order valence-corrected chi connectivity index (χ3v) is 3.81. The number of hydrogen-bond acceptors (Lipinski definition) is 3. The molecule has 0 spiro atoms. The van der Waals surface area contributed by atoms with E-state index in [4.69, 9.17) is 10.5 Å². The number of carbonyl (C=O) groups is 1. The summed E-state index contributed by atoms with van der Waals surface area (Å²) >= 11 is 0. The van der Waals surface area contributed by atoms with Gasteiger partial charge in [0.1, 0.15) is 11.3 Å². The fraction of sp³-hybridized carbons (Fsp3) is 0.316. The van der Waals surface area contributed by atoms with Crippen LogP contribution in [0.25, 0.3) is 0 Å². The molecule has 0 bridgehead atoms. The van der Waals surface area contributed by atoms with Gasteiger partial charge in [-0.15, -0.1) is 0 Å². The quantitative estimate of drug-likeness (QED) is 0.800. The minimum absolute atomic E-state index is 0.0941. The smallest absolute Gasteiger partial charge is 0.246 e. The lowest BCUT2D eigenvalue weighted by atomic mass is 9.92. The summed E-state index contributed by atoms with van der Waals surface area (Å²) in [5.74, 6) is 0.748. The molecule has 0 fully saturated rings. The molecule has 1 unspecified atom stereocenters. The van der Waals surface area contributed by atoms with Crippen LogP contribution < -0.4 is 10.5 Å². The van der Waals surface area contributed by atoms with Crippen molar-refractivity contribution in [2.75, 3.05) is 20.2 Å². The second kappa shape index (κ2) is 7.79. The van der Waals surface area contributed by atoms with Crippen molar-refractivity contribution in [3.63, 3.8) is 0 Å². The Morgan fingerprint density at radius 2 is 1.65 bits per heavy atom. The van der Waals surface area contributed by atoms with Crippen molar-refractivity contribution < 1.29 is 9.53 Å². The Hall–Kier alpha value is -2.33. The van der Waals surface area contributed by atoms with Crippen LogP contribution in [0.2, 0.25) is 0 Å². The summed E-state index contributed by atoms with van der Waals surface area (Å²) in [6, 6.07) is 19.1. The zero-order chi connectivity index (χ0) is 16.7. The fourth-order valence-electron chi connectivity index (χ4n) is 2.41. The fourth-order valence-corrected chi connectivity index (χ4v) is 2.41. The van der Waals surface area contributed by atoms with Crippen LogP contribution in [-0.2, 0) is 10.3 Å². The van der Waals surface area contributed by atoms with E-state index in [-0.39, 0.29) is 5.91 Å². The molecule has 2 aromatic carbocycles. The molecule has 2 rings (SSSR count). The second-order valence-electron chi connectivity index (χ2n) is 5.81. The molecule has 4 heteroatoms. The molecule has 0 saturated carbocycles. The van der Waals surface area contributed by atoms with E-state index in [0.29, 0.717) is 13.2 Å². The van der Waals surface area contributed by atoms with Gasteiger partial charge in [-0.3, -0.25) is 4.79 Å². The molecular formula is C19H24N2O2. The molecule has 1 amide bonds. The van der Waals surface area contributed by atoms with Crippen LogP contribution in [0.5, 0.6) is 5.75 Å². The maximum Gasteiger partial charge on any atom is 0.246 e. The van der Waals surface area contributed by atoms with Crippen LogP contribution in [0.1, 0.15) is 18.9 Å². The van der Waals surface area contributed by atoms with E-state index in [1.54, 1.807) is 18.9 Å². The number of nitrogens with two attached hydrogens (primary N) is 1. The first-order valence-electron chi connectivity index (χ1n) is 7.79. The third kappa shape index (κ3) is 4.57. The summed E-state index contributed by atoms with van der Waals surface area (Å²) in [5.41, 5.74) is 6.05. The third-order valence-electron chi connectivity index (χ3n) is 3.81. The Bertz CT molecular complexity index is 612. The highest BCUT2D eigenvalue weighted by molar-refractivity contribution is 5.86. The molecule has 0 radical (unpaired) electrons. The monoisotopic (exact) mass is 312 g/mol. The normalized spacial score (nSPS) is 13.2. The lowest BCUT2D eigenvalue weighted by Gasteiger charge is -2.29. The Kier molecular flexibility index (Phi) is 5.77. The Morgan fingerprint density at radius 1 is 1.09 bits per heavy atom. The molecule has 1 atom stereocenters. The van der Waals surface area contributed by atoms with Crippen molar-refractivity contribution >= 4 is 5.91 Å². The summed E-state index contributed by atoms with van der Waals surface area (Å²) in [4.78, 5) is 14.3. The van der Waals surface area contributed by atoms with Gasteiger partial charge >= 0.3 is 0 Å². The number of carbonyl (C=O) groups excluding carboxylic acids is 1. The molecule has 0 heterocycles. The van der Waals surface area contributed by atoms with Crippen LogP contribution in [0.15, 0.2) is 60.7 Å². The van der Waals surface area contributed by atoms with E-state index in [2.05, 4.69) is 0 Å². The number of rotatable bonds is 7. The van der Waals surface area contributed by atoms with Gasteiger partial charge in [-0.25, -0.2) is 0 Å². The van der Waals surface area contributed by atoms with E-state index in [9.17, 15) is 4.79 Å². The Balaban J connectivity index is 1.83. The van der Waals surface area contributed by atoms with E-state index >= 15 is 0 Å². The van der Waals surface area contributed by atoms with Crippen LogP contribution in [-0.4, -0.2) is 31.0 Å². The van der Waals surface area contributed by atoms with E-state index < -0.39 is 5.54 Å². The van der Waals surface area contributed by atoms with Gasteiger partial charge in [-0.1, -0.05) is 48.5 Å². The van der Waals surface area contributed by atoms with Crippen molar-refractivity contribution in [1.82, 2.24) is 4.90 Å². The molecular weight excluding hydrogens is 288 g/mol. The number of hydrogen-bond donors (Lipinski definition) is 1. The number of para-hydroxylation sites is 1. The summed E-state index contributed by atoms with van der Waals surface area (Å²) in [6.07, 6.45) is 0.752. The molecule has 2 aromatic rings. The molecule has 0 saturated heterocycles. The van der Waals surface area contributed by atoms with E-state index in [0.717, 1.165) is 17.7 Å². The summed E-state index contributed by atoms with van der Waals surface area (Å²) in [7, 11) is 1.78. The lowest BCUT2D eigenvalue weighted by Crippen LogP contribution is -2.50. The Labute approximate surface area is 137 Å². The average molecular weight is 312 g/mol. The topological polar surface area (TPSA) is 55.6 Å². The predicted octanol–water partition coefficient (Wildman–Crippen LogP) is 2.79. The highest BCUT2D eigenvalue weighted by atomic mass is 16.5. The molecule has 0 aromatic heterocycles. The van der Waals surface area contributed by atoms with Gasteiger partial charge in [-0.2, -0.15) is 0 Å². The molecule has 4 nitrogen and oxygen atoms in total. The first-order chi connectivity index (χ1) is 11.0. The number of nitrogens with zero attached hydrogens (tertiary/aromatic N) is 1. The van der Waals surface area contributed by atoms with Gasteiger partial charge < -0.3 is 15.4 Å². The minimum atomic E-state index is -1.02. The van der Waals surface area contributed by atoms with E-state index in [1.165, 1.54) is 0 Å². The maximum atomic E-state index is 12.6. The van der Waals surface area contributed by atoms with Crippen molar-refractivity contribution in [2.24, 2.45) is 5.73 Å². The summed E-state index contributed by atoms with van der Waals surface area (Å²) in [5, 5.41) is 0. The maximum absolute atomic E-state index is 12.6. The van der Waals surface area contributed by atoms with Crippen molar-refractivity contribution in [2.45, 2.75) is 18.9 Å². The largest absolute Gasteiger partial charge is 0.494 e. The van der Waals surface area contributed by atoms with Crippen LogP contribution in [0, 0.1) is 0 Å². The highest BCUT2D eigenvalue weighted by Crippen LogP contribution is 2.19.